The van der Waals surface area contributed by atoms with Crippen molar-refractivity contribution in [2.75, 3.05) is 12.3 Å². The van der Waals surface area contributed by atoms with Crippen molar-refractivity contribution in [2.45, 2.75) is 13.5 Å². The number of nitrogens with zero attached hydrogens (tertiary/aromatic N) is 1. The Morgan fingerprint density at radius 2 is 1.82 bits per heavy atom. The molecule has 8 heteroatoms. The molecule has 0 unspecified atom stereocenters. The Morgan fingerprint density at radius 1 is 1.14 bits per heavy atom. The SMILES string of the molecule is CCOC(=O)c1ccc(-n2c(N)c(C(=O)NCc3ccccc3)sc2=S)cc1. The number of benzene rings is 2. The third-order valence-corrected chi connectivity index (χ3v) is 5.37. The van der Waals surface area contributed by atoms with Gasteiger partial charge in [-0.15, -0.1) is 0 Å². The van der Waals surface area contributed by atoms with Gasteiger partial charge in [-0.25, -0.2) is 4.79 Å². The van der Waals surface area contributed by atoms with Gasteiger partial charge in [0.25, 0.3) is 5.91 Å². The van der Waals surface area contributed by atoms with Crippen LogP contribution in [0.25, 0.3) is 5.69 Å². The lowest BCUT2D eigenvalue weighted by Gasteiger charge is -2.08. The van der Waals surface area contributed by atoms with Gasteiger partial charge in [-0.05, 0) is 49.0 Å². The van der Waals surface area contributed by atoms with Crippen LogP contribution in [0.5, 0.6) is 0 Å². The van der Waals surface area contributed by atoms with E-state index in [1.807, 2.05) is 30.3 Å². The minimum Gasteiger partial charge on any atom is -0.462 e. The Balaban J connectivity index is 1.80. The Morgan fingerprint density at radius 3 is 2.46 bits per heavy atom. The number of aromatic nitrogens is 1. The predicted octanol–water partition coefficient (Wildman–Crippen LogP) is 3.96. The lowest BCUT2D eigenvalue weighted by molar-refractivity contribution is 0.0526. The number of nitrogens with one attached hydrogen (secondary N) is 1. The van der Waals surface area contributed by atoms with Crippen molar-refractivity contribution in [3.63, 3.8) is 0 Å². The minimum atomic E-state index is -0.392. The van der Waals surface area contributed by atoms with Crippen molar-refractivity contribution < 1.29 is 14.3 Å². The van der Waals surface area contributed by atoms with Crippen LogP contribution < -0.4 is 11.1 Å². The smallest absolute Gasteiger partial charge is 0.338 e. The minimum absolute atomic E-state index is 0.268. The van der Waals surface area contributed by atoms with E-state index in [-0.39, 0.29) is 11.7 Å². The van der Waals surface area contributed by atoms with Crippen LogP contribution in [0.3, 0.4) is 0 Å². The van der Waals surface area contributed by atoms with Gasteiger partial charge in [0, 0.05) is 12.2 Å². The molecule has 1 aromatic heterocycles. The van der Waals surface area contributed by atoms with E-state index in [1.54, 1.807) is 35.8 Å². The molecule has 0 aliphatic rings. The number of carbonyl (C=O) groups excluding carboxylic acids is 2. The second-order valence-electron chi connectivity index (χ2n) is 5.85. The van der Waals surface area contributed by atoms with Crippen LogP contribution in [0.4, 0.5) is 5.82 Å². The summed E-state index contributed by atoms with van der Waals surface area (Å²) >= 11 is 6.54. The lowest BCUT2D eigenvalue weighted by Crippen LogP contribution is -2.23. The number of anilines is 1. The largest absolute Gasteiger partial charge is 0.462 e. The standard InChI is InChI=1S/C20H19N3O3S2/c1-2-26-19(25)14-8-10-15(11-9-14)23-17(21)16(28-20(23)27)18(24)22-12-13-6-4-3-5-7-13/h3-11H,2,12,21H2,1H3,(H,22,24). The van der Waals surface area contributed by atoms with E-state index < -0.39 is 5.97 Å². The molecule has 0 saturated heterocycles. The summed E-state index contributed by atoms with van der Waals surface area (Å²) in [6.45, 7) is 2.46. The number of amides is 1. The van der Waals surface area contributed by atoms with Gasteiger partial charge in [0.05, 0.1) is 12.2 Å². The van der Waals surface area contributed by atoms with Gasteiger partial charge in [0.1, 0.15) is 10.7 Å². The molecule has 28 heavy (non-hydrogen) atoms. The number of rotatable bonds is 6. The first-order valence-corrected chi connectivity index (χ1v) is 9.84. The van der Waals surface area contributed by atoms with Crippen molar-refractivity contribution in [3.05, 3.63) is 74.6 Å². The summed E-state index contributed by atoms with van der Waals surface area (Å²) in [4.78, 5) is 24.7. The number of thiazole rings is 1. The molecule has 0 saturated carbocycles. The van der Waals surface area contributed by atoms with Gasteiger partial charge in [0.2, 0.25) is 0 Å². The van der Waals surface area contributed by atoms with Crippen LogP contribution in [-0.2, 0) is 11.3 Å². The van der Waals surface area contributed by atoms with Gasteiger partial charge < -0.3 is 15.8 Å². The highest BCUT2D eigenvalue weighted by atomic mass is 32.1. The Kier molecular flexibility index (Phi) is 6.23. The maximum absolute atomic E-state index is 12.5. The van der Waals surface area contributed by atoms with Crippen molar-refractivity contribution in [1.82, 2.24) is 9.88 Å². The van der Waals surface area contributed by atoms with Crippen molar-refractivity contribution >= 4 is 41.2 Å². The summed E-state index contributed by atoms with van der Waals surface area (Å²) in [6.07, 6.45) is 0. The molecular formula is C20H19N3O3S2. The van der Waals surface area contributed by atoms with Crippen LogP contribution >= 0.6 is 23.6 Å². The first-order valence-electron chi connectivity index (χ1n) is 8.62. The zero-order valence-electron chi connectivity index (χ0n) is 15.2. The third-order valence-electron chi connectivity index (χ3n) is 3.98. The first-order chi connectivity index (χ1) is 13.5. The zero-order valence-corrected chi connectivity index (χ0v) is 16.8. The summed E-state index contributed by atoms with van der Waals surface area (Å²) in [5.74, 6) is -0.402. The molecule has 0 aliphatic carbocycles. The Bertz CT molecular complexity index is 1040. The van der Waals surface area contributed by atoms with Crippen LogP contribution in [0.2, 0.25) is 0 Å². The van der Waals surface area contributed by atoms with E-state index in [1.165, 1.54) is 0 Å². The fourth-order valence-corrected chi connectivity index (χ4v) is 3.90. The molecule has 0 atom stereocenters. The molecule has 2 aromatic carbocycles. The van der Waals surface area contributed by atoms with Gasteiger partial charge in [0.15, 0.2) is 3.95 Å². The van der Waals surface area contributed by atoms with E-state index in [0.717, 1.165) is 16.9 Å². The van der Waals surface area contributed by atoms with E-state index >= 15 is 0 Å². The average Bonchev–Trinajstić information content (AvgIpc) is 3.01. The molecule has 0 aliphatic heterocycles. The van der Waals surface area contributed by atoms with E-state index in [2.05, 4.69) is 5.32 Å². The molecule has 144 valence electrons. The number of nitrogens with two attached hydrogens (primary N) is 1. The number of esters is 1. The van der Waals surface area contributed by atoms with Crippen LogP contribution in [0, 0.1) is 3.95 Å². The number of carbonyl (C=O) groups is 2. The molecular weight excluding hydrogens is 394 g/mol. The highest BCUT2D eigenvalue weighted by Crippen LogP contribution is 2.26. The quantitative estimate of drug-likeness (QED) is 0.472. The number of hydrogen-bond acceptors (Lipinski definition) is 6. The summed E-state index contributed by atoms with van der Waals surface area (Å²) in [5, 5.41) is 2.86. The summed E-state index contributed by atoms with van der Waals surface area (Å²) in [5.41, 5.74) is 8.31. The van der Waals surface area contributed by atoms with Crippen molar-refractivity contribution in [2.24, 2.45) is 0 Å². The van der Waals surface area contributed by atoms with Gasteiger partial charge in [-0.1, -0.05) is 41.7 Å². The zero-order chi connectivity index (χ0) is 20.1. The van der Waals surface area contributed by atoms with Crippen molar-refractivity contribution in [3.8, 4) is 5.69 Å². The maximum atomic E-state index is 12.5. The number of hydrogen-bond donors (Lipinski definition) is 2. The molecule has 0 spiro atoms. The predicted molar refractivity (Wildman–Crippen MR) is 112 cm³/mol. The molecule has 0 radical (unpaired) electrons. The first kappa shape index (κ1) is 19.8. The molecule has 0 fully saturated rings. The molecule has 3 aromatic rings. The molecule has 1 amide bonds. The molecule has 1 heterocycles. The topological polar surface area (TPSA) is 86.3 Å². The summed E-state index contributed by atoms with van der Waals surface area (Å²) < 4.78 is 7.05. The van der Waals surface area contributed by atoms with E-state index in [0.29, 0.717) is 33.2 Å². The molecule has 3 N–H and O–H groups in total. The monoisotopic (exact) mass is 413 g/mol. The summed E-state index contributed by atoms with van der Waals surface area (Å²) in [7, 11) is 0. The van der Waals surface area contributed by atoms with Gasteiger partial charge >= 0.3 is 5.97 Å². The van der Waals surface area contributed by atoms with E-state index in [9.17, 15) is 9.59 Å². The van der Waals surface area contributed by atoms with Gasteiger partial charge in [-0.2, -0.15) is 0 Å². The third kappa shape index (κ3) is 4.29. The van der Waals surface area contributed by atoms with Crippen LogP contribution in [0.15, 0.2) is 54.6 Å². The highest BCUT2D eigenvalue weighted by Gasteiger charge is 2.18. The van der Waals surface area contributed by atoms with Crippen LogP contribution in [0.1, 0.15) is 32.5 Å². The normalized spacial score (nSPS) is 10.5. The number of nitrogen functional groups attached to an aromatic ring is 1. The Labute approximate surface area is 171 Å². The van der Waals surface area contributed by atoms with Crippen molar-refractivity contribution in [1.29, 1.82) is 0 Å². The summed E-state index contributed by atoms with van der Waals surface area (Å²) in [6, 6.07) is 16.3. The Hall–Kier alpha value is -2.97. The molecule has 3 rings (SSSR count). The second-order valence-corrected chi connectivity index (χ2v) is 7.50. The molecule has 6 nitrogen and oxygen atoms in total. The fraction of sp³-hybridized carbons (Fsp3) is 0.150. The van der Waals surface area contributed by atoms with Gasteiger partial charge in [-0.3, -0.25) is 9.36 Å². The molecule has 0 bridgehead atoms. The fourth-order valence-electron chi connectivity index (χ4n) is 2.61. The number of ether oxygens (including phenoxy) is 1. The maximum Gasteiger partial charge on any atom is 0.338 e. The van der Waals surface area contributed by atoms with Crippen LogP contribution in [-0.4, -0.2) is 23.1 Å². The second kappa shape index (κ2) is 8.81. The highest BCUT2D eigenvalue weighted by molar-refractivity contribution is 7.73. The lowest BCUT2D eigenvalue weighted by atomic mass is 10.2. The van der Waals surface area contributed by atoms with E-state index in [4.69, 9.17) is 22.7 Å². The average molecular weight is 414 g/mol.